The van der Waals surface area contributed by atoms with E-state index in [1.54, 1.807) is 12.1 Å². The number of nitrogens with one attached hydrogen (secondary N) is 1. The predicted octanol–water partition coefficient (Wildman–Crippen LogP) is 1.87. The number of H-pyrrole nitrogens is 1. The Labute approximate surface area is 71.8 Å². The highest BCUT2D eigenvalue weighted by Gasteiger charge is 2.05. The van der Waals surface area contributed by atoms with Gasteiger partial charge in [-0.1, -0.05) is 0 Å². The lowest BCUT2D eigenvalue weighted by Gasteiger charge is -1.86. The second kappa shape index (κ2) is 2.04. The Balaban J connectivity index is 2.62. The lowest BCUT2D eigenvalue weighted by Crippen LogP contribution is -1.84. The molecule has 2 heterocycles. The van der Waals surface area contributed by atoms with Gasteiger partial charge in [0.1, 0.15) is 0 Å². The van der Waals surface area contributed by atoms with E-state index in [2.05, 4.69) is 4.98 Å². The Morgan fingerprint density at radius 1 is 1.15 bits per heavy atom. The van der Waals surface area contributed by atoms with Crippen LogP contribution in [0.4, 0.5) is 0 Å². The number of fused-ring (bicyclic) bond motifs is 2. The van der Waals surface area contributed by atoms with Gasteiger partial charge < -0.3 is 13.8 Å². The first-order valence-corrected chi connectivity index (χ1v) is 3.84. The molecule has 0 aliphatic carbocycles. The molecule has 4 nitrogen and oxygen atoms in total. The number of hydrogen-bond acceptors (Lipinski definition) is 3. The fourth-order valence-corrected chi connectivity index (χ4v) is 1.42. The molecule has 0 saturated carbocycles. The van der Waals surface area contributed by atoms with Crippen molar-refractivity contribution in [1.82, 2.24) is 4.98 Å². The lowest BCUT2D eigenvalue weighted by atomic mass is 10.2. The summed E-state index contributed by atoms with van der Waals surface area (Å²) in [5, 5.41) is 0.997. The third kappa shape index (κ3) is 0.823. The standard InChI is InChI=1S/C9H5NO3/c11-9-12-7-3-5-1-2-10-6(5)4-8(7)13-9/h1-4,10H. The van der Waals surface area contributed by atoms with Crippen molar-refractivity contribution >= 4 is 22.1 Å². The van der Waals surface area contributed by atoms with Gasteiger partial charge in [0.15, 0.2) is 11.2 Å². The first-order chi connectivity index (χ1) is 6.33. The molecule has 3 aromatic rings. The molecule has 0 radical (unpaired) electrons. The van der Waals surface area contributed by atoms with E-state index in [4.69, 9.17) is 8.83 Å². The molecule has 0 fully saturated rings. The van der Waals surface area contributed by atoms with Crippen molar-refractivity contribution in [2.45, 2.75) is 0 Å². The predicted molar refractivity (Wildman–Crippen MR) is 46.6 cm³/mol. The van der Waals surface area contributed by atoms with Crippen LogP contribution < -0.4 is 5.82 Å². The van der Waals surface area contributed by atoms with Gasteiger partial charge in [-0.25, -0.2) is 4.79 Å². The van der Waals surface area contributed by atoms with Gasteiger partial charge in [0.2, 0.25) is 0 Å². The summed E-state index contributed by atoms with van der Waals surface area (Å²) in [6.07, 6.45) is 1.82. The van der Waals surface area contributed by atoms with Crippen molar-refractivity contribution in [3.63, 3.8) is 0 Å². The van der Waals surface area contributed by atoms with Gasteiger partial charge in [-0.05, 0) is 12.1 Å². The van der Waals surface area contributed by atoms with E-state index >= 15 is 0 Å². The first kappa shape index (κ1) is 6.54. The summed E-state index contributed by atoms with van der Waals surface area (Å²) in [6, 6.07) is 5.42. The Hall–Kier alpha value is -1.97. The Kier molecular flexibility index (Phi) is 1.02. The van der Waals surface area contributed by atoms with Crippen LogP contribution in [0.1, 0.15) is 0 Å². The molecule has 1 aromatic carbocycles. The molecule has 0 aliphatic rings. The highest BCUT2D eigenvalue weighted by molar-refractivity contribution is 5.91. The van der Waals surface area contributed by atoms with Crippen LogP contribution in [-0.4, -0.2) is 4.98 Å². The molecule has 1 N–H and O–H groups in total. The number of aromatic nitrogens is 1. The van der Waals surface area contributed by atoms with Crippen molar-refractivity contribution in [2.24, 2.45) is 0 Å². The highest BCUT2D eigenvalue weighted by Crippen LogP contribution is 2.20. The van der Waals surface area contributed by atoms with Gasteiger partial charge >= 0.3 is 5.82 Å². The first-order valence-electron chi connectivity index (χ1n) is 3.84. The van der Waals surface area contributed by atoms with Crippen molar-refractivity contribution < 1.29 is 8.83 Å². The largest absolute Gasteiger partial charge is 0.519 e. The second-order valence-corrected chi connectivity index (χ2v) is 2.82. The van der Waals surface area contributed by atoms with Gasteiger partial charge in [-0.3, -0.25) is 0 Å². The normalized spacial score (nSPS) is 11.4. The molecule has 0 amide bonds. The highest BCUT2D eigenvalue weighted by atomic mass is 16.6. The molecule has 2 aromatic heterocycles. The minimum absolute atomic E-state index is 0.472. The summed E-state index contributed by atoms with van der Waals surface area (Å²) in [5.41, 5.74) is 1.88. The van der Waals surface area contributed by atoms with E-state index in [-0.39, 0.29) is 0 Å². The van der Waals surface area contributed by atoms with E-state index in [9.17, 15) is 4.79 Å². The van der Waals surface area contributed by atoms with Crippen LogP contribution in [0.5, 0.6) is 0 Å². The topological polar surface area (TPSA) is 59.1 Å². The molecule has 0 bridgehead atoms. The fourth-order valence-electron chi connectivity index (χ4n) is 1.42. The molecule has 0 aliphatic heterocycles. The van der Waals surface area contributed by atoms with E-state index < -0.39 is 5.82 Å². The maximum Gasteiger partial charge on any atom is 0.519 e. The molecule has 64 valence electrons. The van der Waals surface area contributed by atoms with Gasteiger partial charge in [-0.2, -0.15) is 0 Å². The molecule has 13 heavy (non-hydrogen) atoms. The summed E-state index contributed by atoms with van der Waals surface area (Å²) >= 11 is 0. The van der Waals surface area contributed by atoms with Crippen molar-refractivity contribution in [3.05, 3.63) is 35.0 Å². The van der Waals surface area contributed by atoms with Crippen molar-refractivity contribution in [2.75, 3.05) is 0 Å². The van der Waals surface area contributed by atoms with Crippen LogP contribution in [0.2, 0.25) is 0 Å². The van der Waals surface area contributed by atoms with Crippen LogP contribution in [0.15, 0.2) is 38.0 Å². The van der Waals surface area contributed by atoms with Crippen LogP contribution in [0.25, 0.3) is 22.1 Å². The van der Waals surface area contributed by atoms with Gasteiger partial charge in [0.05, 0.1) is 0 Å². The molecule has 0 spiro atoms. The molecule has 0 saturated heterocycles. The quantitative estimate of drug-likeness (QED) is 0.567. The van der Waals surface area contributed by atoms with E-state index in [1.165, 1.54) is 0 Å². The van der Waals surface area contributed by atoms with Crippen LogP contribution in [0.3, 0.4) is 0 Å². The third-order valence-electron chi connectivity index (χ3n) is 2.00. The van der Waals surface area contributed by atoms with Gasteiger partial charge in [0.25, 0.3) is 0 Å². The summed E-state index contributed by atoms with van der Waals surface area (Å²) in [7, 11) is 0. The molecule has 0 unspecified atom stereocenters. The zero-order valence-electron chi connectivity index (χ0n) is 6.53. The van der Waals surface area contributed by atoms with E-state index in [0.717, 1.165) is 10.9 Å². The Bertz CT molecular complexity index is 578. The Morgan fingerprint density at radius 2 is 1.92 bits per heavy atom. The molecular formula is C9H5NO3. The average Bonchev–Trinajstić information content (AvgIpc) is 2.63. The summed E-state index contributed by atoms with van der Waals surface area (Å²) in [6.45, 7) is 0. The number of rotatable bonds is 0. The van der Waals surface area contributed by atoms with Gasteiger partial charge in [-0.15, -0.1) is 0 Å². The minimum atomic E-state index is -0.664. The van der Waals surface area contributed by atoms with E-state index in [1.807, 2.05) is 12.3 Å². The molecular weight excluding hydrogens is 170 g/mol. The molecule has 3 rings (SSSR count). The van der Waals surface area contributed by atoms with Crippen molar-refractivity contribution in [3.8, 4) is 0 Å². The van der Waals surface area contributed by atoms with Crippen LogP contribution >= 0.6 is 0 Å². The minimum Gasteiger partial charge on any atom is -0.391 e. The maximum atomic E-state index is 10.7. The number of hydrogen-bond donors (Lipinski definition) is 1. The zero-order valence-corrected chi connectivity index (χ0v) is 6.53. The molecule has 4 heteroatoms. The maximum absolute atomic E-state index is 10.7. The monoisotopic (exact) mass is 175 g/mol. The zero-order chi connectivity index (χ0) is 8.84. The Morgan fingerprint density at radius 3 is 2.77 bits per heavy atom. The second-order valence-electron chi connectivity index (χ2n) is 2.82. The van der Waals surface area contributed by atoms with Crippen molar-refractivity contribution in [1.29, 1.82) is 0 Å². The molecule has 0 atom stereocenters. The number of aromatic amines is 1. The average molecular weight is 175 g/mol. The summed E-state index contributed by atoms with van der Waals surface area (Å²) in [4.78, 5) is 13.8. The fraction of sp³-hybridized carbons (Fsp3) is 0. The SMILES string of the molecule is O=c1oc2cc3cc[nH]c3cc2o1. The van der Waals surface area contributed by atoms with E-state index in [0.29, 0.717) is 11.2 Å². The van der Waals surface area contributed by atoms with Crippen LogP contribution in [0, 0.1) is 0 Å². The van der Waals surface area contributed by atoms with Crippen LogP contribution in [-0.2, 0) is 0 Å². The number of benzene rings is 1. The lowest BCUT2D eigenvalue weighted by molar-refractivity contribution is 0.409. The summed E-state index contributed by atoms with van der Waals surface area (Å²) < 4.78 is 9.61. The third-order valence-corrected chi connectivity index (χ3v) is 2.00. The van der Waals surface area contributed by atoms with Gasteiger partial charge in [0, 0.05) is 23.2 Å². The smallest absolute Gasteiger partial charge is 0.391 e. The summed E-state index contributed by atoms with van der Waals surface area (Å²) in [5.74, 6) is -0.664.